The number of aryl methyl sites for hydroxylation is 1. The standard InChI is InChI=1S/C27H31N5O2.ClH/c28-20-22-9-6-12-29-25(22)31-17-15-30(16-18-31)13-3-4-14-32-24(33)19-27(26(32)34)11-5-8-21-7-1-2-10-23(21)27;/h1-2,6-7,9-10,12H,3-5,8,11,13-19H2;1H. The average Bonchev–Trinajstić information content (AvgIpc) is 3.11. The van der Waals surface area contributed by atoms with Crippen molar-refractivity contribution in [3.63, 3.8) is 0 Å². The number of aromatic nitrogens is 1. The van der Waals surface area contributed by atoms with Gasteiger partial charge in [-0.3, -0.25) is 19.4 Å². The lowest BCUT2D eigenvalue weighted by molar-refractivity contribution is -0.140. The molecule has 2 amide bonds. The molecule has 0 bridgehead atoms. The lowest BCUT2D eigenvalue weighted by Gasteiger charge is -2.35. The Kier molecular flexibility index (Phi) is 7.73. The van der Waals surface area contributed by atoms with Crippen LogP contribution >= 0.6 is 12.4 Å². The van der Waals surface area contributed by atoms with Crippen molar-refractivity contribution < 1.29 is 9.59 Å². The highest BCUT2D eigenvalue weighted by atomic mass is 35.5. The van der Waals surface area contributed by atoms with Gasteiger partial charge in [-0.05, 0) is 61.9 Å². The maximum atomic E-state index is 13.4. The first-order valence-corrected chi connectivity index (χ1v) is 12.4. The Morgan fingerprint density at radius 2 is 1.77 bits per heavy atom. The van der Waals surface area contributed by atoms with Crippen LogP contribution in [0.15, 0.2) is 42.6 Å². The van der Waals surface area contributed by atoms with Gasteiger partial charge >= 0.3 is 0 Å². The highest BCUT2D eigenvalue weighted by Crippen LogP contribution is 2.45. The van der Waals surface area contributed by atoms with Crippen LogP contribution in [0.25, 0.3) is 0 Å². The van der Waals surface area contributed by atoms with E-state index in [0.717, 1.165) is 76.2 Å². The number of benzene rings is 1. The summed E-state index contributed by atoms with van der Waals surface area (Å²) in [6, 6.07) is 14.0. The van der Waals surface area contributed by atoms with Gasteiger partial charge in [-0.2, -0.15) is 5.26 Å². The number of imide groups is 1. The number of anilines is 1. The van der Waals surface area contributed by atoms with Crippen molar-refractivity contribution in [1.82, 2.24) is 14.8 Å². The van der Waals surface area contributed by atoms with Gasteiger partial charge in [0, 0.05) is 45.3 Å². The van der Waals surface area contributed by atoms with Crippen molar-refractivity contribution >= 4 is 30.0 Å². The normalized spacial score (nSPS) is 22.1. The van der Waals surface area contributed by atoms with Gasteiger partial charge in [0.15, 0.2) is 0 Å². The fourth-order valence-corrected chi connectivity index (χ4v) is 5.88. The molecule has 0 saturated carbocycles. The molecule has 184 valence electrons. The van der Waals surface area contributed by atoms with Gasteiger partial charge in [0.2, 0.25) is 11.8 Å². The van der Waals surface area contributed by atoms with E-state index in [1.165, 1.54) is 10.5 Å². The number of hydrogen-bond donors (Lipinski definition) is 0. The molecule has 7 nitrogen and oxygen atoms in total. The summed E-state index contributed by atoms with van der Waals surface area (Å²) in [4.78, 5) is 36.8. The number of hydrogen-bond acceptors (Lipinski definition) is 6. The number of fused-ring (bicyclic) bond motifs is 2. The maximum absolute atomic E-state index is 13.4. The van der Waals surface area contributed by atoms with Crippen molar-refractivity contribution in [3.8, 4) is 6.07 Å². The fourth-order valence-electron chi connectivity index (χ4n) is 5.88. The third-order valence-electron chi connectivity index (χ3n) is 7.68. The molecule has 3 aliphatic rings. The van der Waals surface area contributed by atoms with E-state index in [-0.39, 0.29) is 24.2 Å². The van der Waals surface area contributed by atoms with Gasteiger partial charge in [-0.15, -0.1) is 12.4 Å². The molecule has 5 rings (SSSR count). The molecular formula is C27H32ClN5O2. The number of pyridine rings is 1. The Hall–Kier alpha value is -2.95. The molecule has 35 heavy (non-hydrogen) atoms. The number of halogens is 1. The molecule has 1 aromatic carbocycles. The number of carbonyl (C=O) groups excluding carboxylic acids is 2. The number of rotatable bonds is 6. The average molecular weight is 494 g/mol. The summed E-state index contributed by atoms with van der Waals surface area (Å²) < 4.78 is 0. The van der Waals surface area contributed by atoms with E-state index in [1.54, 1.807) is 12.3 Å². The zero-order valence-corrected chi connectivity index (χ0v) is 20.8. The molecule has 1 aliphatic carbocycles. The number of amides is 2. The molecule has 3 heterocycles. The summed E-state index contributed by atoms with van der Waals surface area (Å²) in [6.07, 6.45) is 6.57. The highest BCUT2D eigenvalue weighted by molar-refractivity contribution is 6.09. The van der Waals surface area contributed by atoms with Crippen LogP contribution in [0.1, 0.15) is 48.8 Å². The number of likely N-dealkylation sites (tertiary alicyclic amines) is 1. The first-order chi connectivity index (χ1) is 16.6. The molecule has 1 aromatic heterocycles. The summed E-state index contributed by atoms with van der Waals surface area (Å²) in [6.45, 7) is 4.99. The first-order valence-electron chi connectivity index (χ1n) is 12.4. The Bertz CT molecular complexity index is 1120. The zero-order valence-electron chi connectivity index (χ0n) is 20.0. The van der Waals surface area contributed by atoms with Crippen LogP contribution < -0.4 is 4.90 Å². The van der Waals surface area contributed by atoms with Gasteiger partial charge in [0.1, 0.15) is 11.9 Å². The lowest BCUT2D eigenvalue weighted by atomic mass is 9.69. The van der Waals surface area contributed by atoms with Crippen LogP contribution in [0, 0.1) is 11.3 Å². The van der Waals surface area contributed by atoms with Crippen LogP contribution in [0.2, 0.25) is 0 Å². The molecular weight excluding hydrogens is 462 g/mol. The number of nitriles is 1. The topological polar surface area (TPSA) is 80.5 Å². The van der Waals surface area contributed by atoms with E-state index in [4.69, 9.17) is 0 Å². The summed E-state index contributed by atoms with van der Waals surface area (Å²) >= 11 is 0. The SMILES string of the molecule is Cl.N#Cc1cccnc1N1CCN(CCCCN2C(=O)CC3(CCCc4ccccc43)C2=O)CC1. The second-order valence-corrected chi connectivity index (χ2v) is 9.64. The number of unbranched alkanes of at least 4 members (excludes halogenated alkanes) is 1. The van der Waals surface area contributed by atoms with E-state index >= 15 is 0 Å². The summed E-state index contributed by atoms with van der Waals surface area (Å²) in [7, 11) is 0. The number of nitrogens with zero attached hydrogens (tertiary/aromatic N) is 5. The van der Waals surface area contributed by atoms with E-state index in [2.05, 4.69) is 26.9 Å². The van der Waals surface area contributed by atoms with Crippen LogP contribution in [-0.4, -0.2) is 65.9 Å². The Balaban J connectivity index is 0.00000289. The fraction of sp³-hybridized carbons (Fsp3) is 0.481. The van der Waals surface area contributed by atoms with E-state index in [0.29, 0.717) is 18.5 Å². The van der Waals surface area contributed by atoms with Gasteiger partial charge in [-0.1, -0.05) is 24.3 Å². The first kappa shape index (κ1) is 25.2. The van der Waals surface area contributed by atoms with Crippen molar-refractivity contribution in [2.75, 3.05) is 44.2 Å². The number of carbonyl (C=O) groups is 2. The van der Waals surface area contributed by atoms with Gasteiger partial charge in [-0.25, -0.2) is 4.98 Å². The van der Waals surface area contributed by atoms with Crippen LogP contribution in [0.3, 0.4) is 0 Å². The maximum Gasteiger partial charge on any atom is 0.240 e. The molecule has 2 aromatic rings. The molecule has 2 saturated heterocycles. The Morgan fingerprint density at radius 1 is 1.00 bits per heavy atom. The molecule has 8 heteroatoms. The van der Waals surface area contributed by atoms with Crippen molar-refractivity contribution in [2.45, 2.75) is 43.9 Å². The molecule has 2 fully saturated rings. The van der Waals surface area contributed by atoms with Crippen LogP contribution in [0.4, 0.5) is 5.82 Å². The van der Waals surface area contributed by atoms with E-state index in [9.17, 15) is 14.9 Å². The molecule has 1 unspecified atom stereocenters. The van der Waals surface area contributed by atoms with E-state index < -0.39 is 5.41 Å². The second kappa shape index (κ2) is 10.8. The molecule has 1 spiro atoms. The van der Waals surface area contributed by atoms with Gasteiger partial charge < -0.3 is 4.90 Å². The van der Waals surface area contributed by atoms with Crippen LogP contribution in [-0.2, 0) is 21.4 Å². The zero-order chi connectivity index (χ0) is 23.5. The summed E-state index contributed by atoms with van der Waals surface area (Å²) in [5.74, 6) is 0.773. The molecule has 0 N–H and O–H groups in total. The van der Waals surface area contributed by atoms with Crippen molar-refractivity contribution in [2.24, 2.45) is 0 Å². The van der Waals surface area contributed by atoms with Gasteiger partial charge in [0.25, 0.3) is 0 Å². The predicted molar refractivity (Wildman–Crippen MR) is 136 cm³/mol. The van der Waals surface area contributed by atoms with E-state index in [1.807, 2.05) is 24.3 Å². The lowest BCUT2D eigenvalue weighted by Crippen LogP contribution is -2.47. The minimum atomic E-state index is -0.629. The van der Waals surface area contributed by atoms with Crippen LogP contribution in [0.5, 0.6) is 0 Å². The Labute approximate surface area is 213 Å². The highest BCUT2D eigenvalue weighted by Gasteiger charge is 2.53. The quantitative estimate of drug-likeness (QED) is 0.453. The minimum Gasteiger partial charge on any atom is -0.353 e. The second-order valence-electron chi connectivity index (χ2n) is 9.64. The predicted octanol–water partition coefficient (Wildman–Crippen LogP) is 3.31. The van der Waals surface area contributed by atoms with Gasteiger partial charge in [0.05, 0.1) is 11.0 Å². The van der Waals surface area contributed by atoms with Crippen molar-refractivity contribution in [1.29, 1.82) is 5.26 Å². The third kappa shape index (κ3) is 4.78. The molecule has 1 atom stereocenters. The largest absolute Gasteiger partial charge is 0.353 e. The monoisotopic (exact) mass is 493 g/mol. The van der Waals surface area contributed by atoms with Crippen molar-refractivity contribution in [3.05, 3.63) is 59.3 Å². The summed E-state index contributed by atoms with van der Waals surface area (Å²) in [5, 5.41) is 9.32. The minimum absolute atomic E-state index is 0. The molecule has 2 aliphatic heterocycles. The number of piperazine rings is 1. The molecule has 0 radical (unpaired) electrons. The summed E-state index contributed by atoms with van der Waals surface area (Å²) in [5.41, 5.74) is 2.29. The third-order valence-corrected chi connectivity index (χ3v) is 7.68. The Morgan fingerprint density at radius 3 is 2.57 bits per heavy atom. The smallest absolute Gasteiger partial charge is 0.240 e.